The summed E-state index contributed by atoms with van der Waals surface area (Å²) in [6.07, 6.45) is 3.61. The number of Topliss-reactive ketones (excluding diaryl/α,β-unsaturated/α-hetero) is 1. The van der Waals surface area contributed by atoms with Gasteiger partial charge in [-0.05, 0) is 55.7 Å². The predicted molar refractivity (Wildman–Crippen MR) is 89.4 cm³/mol. The molecule has 3 heteroatoms. The highest BCUT2D eigenvalue weighted by molar-refractivity contribution is 6.25. The summed E-state index contributed by atoms with van der Waals surface area (Å²) in [5.74, 6) is -0.888. The van der Waals surface area contributed by atoms with Gasteiger partial charge in [-0.25, -0.2) is 0 Å². The maximum absolute atomic E-state index is 12.8. The summed E-state index contributed by atoms with van der Waals surface area (Å²) in [6, 6.07) is 9.64. The Morgan fingerprint density at radius 2 is 1.74 bits per heavy atom. The van der Waals surface area contributed by atoms with Crippen LogP contribution in [0.4, 0.5) is 0 Å². The number of carbonyl (C=O) groups excluding carboxylic acids is 2. The SMILES string of the molecule is Cc1cc(C)c(C2C(=O)C=C(Cc3ccccn3)C2=O)c(C)c1. The Hall–Kier alpha value is -2.55. The maximum atomic E-state index is 12.8. The van der Waals surface area contributed by atoms with Gasteiger partial charge in [0.05, 0.1) is 0 Å². The number of pyridine rings is 1. The van der Waals surface area contributed by atoms with Crippen LogP contribution in [0.1, 0.15) is 33.9 Å². The van der Waals surface area contributed by atoms with Gasteiger partial charge >= 0.3 is 0 Å². The lowest BCUT2D eigenvalue weighted by Crippen LogP contribution is -2.18. The van der Waals surface area contributed by atoms with Gasteiger partial charge in [0.15, 0.2) is 11.6 Å². The minimum atomic E-state index is -0.686. The van der Waals surface area contributed by atoms with E-state index in [1.807, 2.05) is 51.1 Å². The topological polar surface area (TPSA) is 47.0 Å². The van der Waals surface area contributed by atoms with E-state index in [9.17, 15) is 9.59 Å². The Bertz CT molecular complexity index is 796. The van der Waals surface area contributed by atoms with Gasteiger partial charge in [-0.1, -0.05) is 23.8 Å². The molecule has 1 unspecified atom stereocenters. The van der Waals surface area contributed by atoms with Crippen LogP contribution in [0.2, 0.25) is 0 Å². The molecule has 0 spiro atoms. The van der Waals surface area contributed by atoms with E-state index in [1.165, 1.54) is 6.08 Å². The maximum Gasteiger partial charge on any atom is 0.174 e. The molecular weight excluding hydrogens is 286 g/mol. The van der Waals surface area contributed by atoms with Crippen LogP contribution >= 0.6 is 0 Å². The van der Waals surface area contributed by atoms with Gasteiger partial charge in [0.2, 0.25) is 0 Å². The van der Waals surface area contributed by atoms with Crippen molar-refractivity contribution in [3.8, 4) is 0 Å². The third kappa shape index (κ3) is 2.87. The fraction of sp³-hybridized carbons (Fsp3) is 0.250. The fourth-order valence-corrected chi connectivity index (χ4v) is 3.40. The highest BCUT2D eigenvalue weighted by atomic mass is 16.2. The van der Waals surface area contributed by atoms with Crippen LogP contribution in [-0.4, -0.2) is 16.6 Å². The molecule has 23 heavy (non-hydrogen) atoms. The Balaban J connectivity index is 1.93. The van der Waals surface area contributed by atoms with Crippen molar-refractivity contribution >= 4 is 11.6 Å². The van der Waals surface area contributed by atoms with E-state index in [1.54, 1.807) is 6.20 Å². The van der Waals surface area contributed by atoms with Crippen LogP contribution in [0.3, 0.4) is 0 Å². The molecule has 0 bridgehead atoms. The van der Waals surface area contributed by atoms with Crippen molar-refractivity contribution < 1.29 is 9.59 Å². The lowest BCUT2D eigenvalue weighted by atomic mass is 9.85. The second-order valence-electron chi connectivity index (χ2n) is 6.18. The molecule has 1 heterocycles. The average Bonchev–Trinajstić information content (AvgIpc) is 2.75. The number of hydrogen-bond donors (Lipinski definition) is 0. The number of ketones is 2. The molecule has 0 saturated carbocycles. The summed E-state index contributed by atoms with van der Waals surface area (Å²) in [6.45, 7) is 5.95. The standard InChI is InChI=1S/C20H19NO2/c1-12-8-13(2)18(14(3)9-12)19-17(22)11-15(20(19)23)10-16-6-4-5-7-21-16/h4-9,11,19H,10H2,1-3H3. The van der Waals surface area contributed by atoms with E-state index in [-0.39, 0.29) is 11.6 Å². The molecule has 1 aliphatic carbocycles. The molecule has 0 radical (unpaired) electrons. The molecule has 1 atom stereocenters. The fourth-order valence-electron chi connectivity index (χ4n) is 3.40. The largest absolute Gasteiger partial charge is 0.294 e. The van der Waals surface area contributed by atoms with E-state index < -0.39 is 5.92 Å². The van der Waals surface area contributed by atoms with E-state index in [0.29, 0.717) is 12.0 Å². The molecule has 3 nitrogen and oxygen atoms in total. The number of nitrogens with zero attached hydrogens (tertiary/aromatic N) is 1. The number of carbonyl (C=O) groups is 2. The van der Waals surface area contributed by atoms with Crippen molar-refractivity contribution in [3.05, 3.63) is 76.1 Å². The van der Waals surface area contributed by atoms with Crippen molar-refractivity contribution in [2.75, 3.05) is 0 Å². The van der Waals surface area contributed by atoms with Gasteiger partial charge in [-0.15, -0.1) is 0 Å². The number of aryl methyl sites for hydroxylation is 3. The summed E-state index contributed by atoms with van der Waals surface area (Å²) >= 11 is 0. The minimum Gasteiger partial charge on any atom is -0.294 e. The first-order chi connectivity index (χ1) is 11.0. The number of hydrogen-bond acceptors (Lipinski definition) is 3. The molecule has 116 valence electrons. The molecular formula is C20H19NO2. The average molecular weight is 305 g/mol. The zero-order chi connectivity index (χ0) is 16.6. The van der Waals surface area contributed by atoms with Crippen LogP contribution < -0.4 is 0 Å². The Labute approximate surface area is 136 Å². The van der Waals surface area contributed by atoms with E-state index >= 15 is 0 Å². The van der Waals surface area contributed by atoms with Crippen molar-refractivity contribution in [1.29, 1.82) is 0 Å². The Morgan fingerprint density at radius 3 is 2.35 bits per heavy atom. The Kier molecular flexibility index (Phi) is 3.95. The zero-order valence-electron chi connectivity index (χ0n) is 13.6. The van der Waals surface area contributed by atoms with Crippen LogP contribution in [-0.2, 0) is 16.0 Å². The lowest BCUT2D eigenvalue weighted by Gasteiger charge is -2.16. The van der Waals surface area contributed by atoms with Crippen molar-refractivity contribution in [3.63, 3.8) is 0 Å². The molecule has 3 rings (SSSR count). The molecule has 0 saturated heterocycles. The summed E-state index contributed by atoms with van der Waals surface area (Å²) in [5.41, 5.74) is 5.36. The van der Waals surface area contributed by atoms with Gasteiger partial charge in [0.25, 0.3) is 0 Å². The van der Waals surface area contributed by atoms with E-state index in [2.05, 4.69) is 4.98 Å². The number of rotatable bonds is 3. The first kappa shape index (κ1) is 15.3. The molecule has 0 amide bonds. The first-order valence-corrected chi connectivity index (χ1v) is 7.73. The smallest absolute Gasteiger partial charge is 0.174 e. The molecule has 0 N–H and O–H groups in total. The number of benzene rings is 1. The van der Waals surface area contributed by atoms with Gasteiger partial charge < -0.3 is 0 Å². The number of aromatic nitrogens is 1. The number of allylic oxidation sites excluding steroid dienone is 2. The van der Waals surface area contributed by atoms with Gasteiger partial charge in [-0.2, -0.15) is 0 Å². The monoisotopic (exact) mass is 305 g/mol. The molecule has 1 aromatic heterocycles. The predicted octanol–water partition coefficient (Wildman–Crippen LogP) is 3.41. The summed E-state index contributed by atoms with van der Waals surface area (Å²) in [4.78, 5) is 29.5. The van der Waals surface area contributed by atoms with Crippen molar-refractivity contribution in [2.45, 2.75) is 33.1 Å². The van der Waals surface area contributed by atoms with Crippen molar-refractivity contribution in [2.24, 2.45) is 0 Å². The van der Waals surface area contributed by atoms with Crippen molar-refractivity contribution in [1.82, 2.24) is 4.98 Å². The van der Waals surface area contributed by atoms with E-state index in [0.717, 1.165) is 27.9 Å². The second kappa shape index (κ2) is 5.92. The van der Waals surface area contributed by atoms with Gasteiger partial charge in [0, 0.05) is 23.9 Å². The third-order valence-electron chi connectivity index (χ3n) is 4.30. The second-order valence-corrected chi connectivity index (χ2v) is 6.18. The Morgan fingerprint density at radius 1 is 1.04 bits per heavy atom. The summed E-state index contributed by atoms with van der Waals surface area (Å²) in [7, 11) is 0. The van der Waals surface area contributed by atoms with E-state index in [4.69, 9.17) is 0 Å². The molecule has 0 aliphatic heterocycles. The highest BCUT2D eigenvalue weighted by Gasteiger charge is 2.37. The normalized spacial score (nSPS) is 17.5. The lowest BCUT2D eigenvalue weighted by molar-refractivity contribution is -0.122. The van der Waals surface area contributed by atoms with Crippen LogP contribution in [0.15, 0.2) is 48.2 Å². The van der Waals surface area contributed by atoms with Crippen LogP contribution in [0.25, 0.3) is 0 Å². The highest BCUT2D eigenvalue weighted by Crippen LogP contribution is 2.34. The summed E-state index contributed by atoms with van der Waals surface area (Å²) in [5, 5.41) is 0. The van der Waals surface area contributed by atoms with Gasteiger partial charge in [0.1, 0.15) is 5.92 Å². The minimum absolute atomic E-state index is 0.0873. The quantitative estimate of drug-likeness (QED) is 0.816. The zero-order valence-corrected chi connectivity index (χ0v) is 13.6. The molecule has 2 aromatic rings. The van der Waals surface area contributed by atoms with Crippen LogP contribution in [0.5, 0.6) is 0 Å². The third-order valence-corrected chi connectivity index (χ3v) is 4.30. The molecule has 0 fully saturated rings. The van der Waals surface area contributed by atoms with Gasteiger partial charge in [-0.3, -0.25) is 14.6 Å². The first-order valence-electron chi connectivity index (χ1n) is 7.73. The van der Waals surface area contributed by atoms with Crippen LogP contribution in [0, 0.1) is 20.8 Å². The summed E-state index contributed by atoms with van der Waals surface area (Å²) < 4.78 is 0. The molecule has 1 aliphatic rings. The molecule has 1 aromatic carbocycles.